The SMILES string of the molecule is C=C(C(N)=O)[C@H](Cc1ccccc1)C(=O)Nc1ccc2cc[nH]c(=O)c2c1. The Morgan fingerprint density at radius 1 is 1.11 bits per heavy atom. The number of fused-ring (bicyclic) bond motifs is 1. The second-order valence-corrected chi connectivity index (χ2v) is 6.23. The van der Waals surface area contributed by atoms with E-state index in [9.17, 15) is 14.4 Å². The van der Waals surface area contributed by atoms with Crippen molar-refractivity contribution < 1.29 is 9.59 Å². The van der Waals surface area contributed by atoms with Gasteiger partial charge in [-0.1, -0.05) is 43.0 Å². The molecule has 1 aromatic heterocycles. The Labute approximate surface area is 155 Å². The summed E-state index contributed by atoms with van der Waals surface area (Å²) < 4.78 is 0. The average molecular weight is 361 g/mol. The van der Waals surface area contributed by atoms with Crippen LogP contribution in [0.1, 0.15) is 5.56 Å². The molecule has 2 amide bonds. The van der Waals surface area contributed by atoms with Crippen LogP contribution in [0.4, 0.5) is 5.69 Å². The van der Waals surface area contributed by atoms with Crippen molar-refractivity contribution in [2.24, 2.45) is 11.7 Å². The van der Waals surface area contributed by atoms with Crippen molar-refractivity contribution in [2.45, 2.75) is 6.42 Å². The molecule has 27 heavy (non-hydrogen) atoms. The minimum Gasteiger partial charge on any atom is -0.366 e. The number of nitrogens with two attached hydrogens (primary N) is 1. The number of primary amides is 1. The van der Waals surface area contributed by atoms with Crippen LogP contribution in [-0.2, 0) is 16.0 Å². The summed E-state index contributed by atoms with van der Waals surface area (Å²) in [5.74, 6) is -1.94. The highest BCUT2D eigenvalue weighted by Gasteiger charge is 2.25. The minimum absolute atomic E-state index is 0.0370. The summed E-state index contributed by atoms with van der Waals surface area (Å²) >= 11 is 0. The number of hydrogen-bond acceptors (Lipinski definition) is 3. The van der Waals surface area contributed by atoms with Gasteiger partial charge in [0.15, 0.2) is 0 Å². The highest BCUT2D eigenvalue weighted by molar-refractivity contribution is 6.03. The predicted molar refractivity (Wildman–Crippen MR) is 105 cm³/mol. The number of aromatic amines is 1. The quantitative estimate of drug-likeness (QED) is 0.587. The molecule has 0 spiro atoms. The molecule has 0 aliphatic rings. The number of aromatic nitrogens is 1. The molecule has 4 N–H and O–H groups in total. The van der Waals surface area contributed by atoms with Crippen molar-refractivity contribution in [3.05, 3.63) is 88.9 Å². The third kappa shape index (κ3) is 4.12. The van der Waals surface area contributed by atoms with Gasteiger partial charge < -0.3 is 16.0 Å². The van der Waals surface area contributed by atoms with Crippen LogP contribution in [-0.4, -0.2) is 16.8 Å². The summed E-state index contributed by atoms with van der Waals surface area (Å²) in [6.45, 7) is 3.69. The van der Waals surface area contributed by atoms with Crippen LogP contribution < -0.4 is 16.6 Å². The Kier molecular flexibility index (Phi) is 5.17. The van der Waals surface area contributed by atoms with Crippen molar-refractivity contribution in [2.75, 3.05) is 5.32 Å². The Hall–Kier alpha value is -3.67. The normalized spacial score (nSPS) is 11.7. The molecule has 0 saturated carbocycles. The first-order valence-electron chi connectivity index (χ1n) is 8.40. The molecular formula is C21H19N3O3. The number of rotatable bonds is 6. The van der Waals surface area contributed by atoms with Crippen molar-refractivity contribution in [1.82, 2.24) is 4.98 Å². The number of amides is 2. The number of carbonyl (C=O) groups is 2. The van der Waals surface area contributed by atoms with Crippen molar-refractivity contribution >= 4 is 28.3 Å². The molecule has 0 aliphatic carbocycles. The van der Waals surface area contributed by atoms with E-state index in [2.05, 4.69) is 16.9 Å². The third-order valence-electron chi connectivity index (χ3n) is 4.38. The summed E-state index contributed by atoms with van der Waals surface area (Å²) in [6.07, 6.45) is 1.86. The molecule has 6 heteroatoms. The number of carbonyl (C=O) groups excluding carboxylic acids is 2. The standard InChI is InChI=1S/C21H19N3O3/c1-13(19(22)25)17(11-14-5-3-2-4-6-14)21(27)24-16-8-7-15-9-10-23-20(26)18(15)12-16/h2-10,12,17H,1,11H2,(H2,22,25)(H,23,26)(H,24,27)/t17-/m0/s1. The summed E-state index contributed by atoms with van der Waals surface area (Å²) in [5, 5.41) is 3.98. The van der Waals surface area contributed by atoms with Crippen LogP contribution in [0.2, 0.25) is 0 Å². The largest absolute Gasteiger partial charge is 0.366 e. The lowest BCUT2D eigenvalue weighted by atomic mass is 9.91. The summed E-state index contributed by atoms with van der Waals surface area (Å²) in [4.78, 5) is 39.0. The van der Waals surface area contributed by atoms with Crippen LogP contribution in [0.15, 0.2) is 77.7 Å². The van der Waals surface area contributed by atoms with E-state index in [1.807, 2.05) is 30.3 Å². The molecule has 0 radical (unpaired) electrons. The fraction of sp³-hybridized carbons (Fsp3) is 0.0952. The number of pyridine rings is 1. The second-order valence-electron chi connectivity index (χ2n) is 6.23. The zero-order chi connectivity index (χ0) is 19.4. The number of anilines is 1. The van der Waals surface area contributed by atoms with Gasteiger partial charge in [-0.15, -0.1) is 0 Å². The van der Waals surface area contributed by atoms with Crippen LogP contribution in [0.3, 0.4) is 0 Å². The maximum Gasteiger partial charge on any atom is 0.255 e. The first-order valence-corrected chi connectivity index (χ1v) is 8.40. The molecule has 3 aromatic rings. The molecule has 0 fully saturated rings. The Morgan fingerprint density at radius 3 is 2.56 bits per heavy atom. The molecule has 1 heterocycles. The first kappa shape index (κ1) is 18.1. The van der Waals surface area contributed by atoms with E-state index in [-0.39, 0.29) is 11.1 Å². The number of hydrogen-bond donors (Lipinski definition) is 3. The maximum atomic E-state index is 12.8. The lowest BCUT2D eigenvalue weighted by Crippen LogP contribution is -2.31. The number of H-pyrrole nitrogens is 1. The van der Waals surface area contributed by atoms with Crippen LogP contribution in [0, 0.1) is 5.92 Å². The molecule has 1 atom stereocenters. The van der Waals surface area contributed by atoms with Gasteiger partial charge in [-0.25, -0.2) is 0 Å². The molecule has 6 nitrogen and oxygen atoms in total. The van der Waals surface area contributed by atoms with Gasteiger partial charge in [0.2, 0.25) is 11.8 Å². The van der Waals surface area contributed by atoms with Gasteiger partial charge in [0.25, 0.3) is 5.56 Å². The van der Waals surface area contributed by atoms with Crippen LogP contribution in [0.25, 0.3) is 10.8 Å². The van der Waals surface area contributed by atoms with E-state index < -0.39 is 17.7 Å². The molecule has 136 valence electrons. The fourth-order valence-corrected chi connectivity index (χ4v) is 2.89. The lowest BCUT2D eigenvalue weighted by molar-refractivity contribution is -0.122. The fourth-order valence-electron chi connectivity index (χ4n) is 2.89. The van der Waals surface area contributed by atoms with Crippen LogP contribution in [0.5, 0.6) is 0 Å². The predicted octanol–water partition coefficient (Wildman–Crippen LogP) is 2.37. The van der Waals surface area contributed by atoms with Crippen molar-refractivity contribution in [1.29, 1.82) is 0 Å². The Bertz CT molecular complexity index is 1070. The zero-order valence-corrected chi connectivity index (χ0v) is 14.6. The number of benzene rings is 2. The lowest BCUT2D eigenvalue weighted by Gasteiger charge is -2.18. The average Bonchev–Trinajstić information content (AvgIpc) is 2.67. The van der Waals surface area contributed by atoms with Gasteiger partial charge in [-0.2, -0.15) is 0 Å². The summed E-state index contributed by atoms with van der Waals surface area (Å²) in [5.41, 5.74) is 6.49. The third-order valence-corrected chi connectivity index (χ3v) is 4.38. The minimum atomic E-state index is -0.811. The maximum absolute atomic E-state index is 12.8. The van der Waals surface area contributed by atoms with Gasteiger partial charge in [-0.3, -0.25) is 14.4 Å². The van der Waals surface area contributed by atoms with E-state index in [0.717, 1.165) is 10.9 Å². The van der Waals surface area contributed by atoms with E-state index >= 15 is 0 Å². The zero-order valence-electron chi connectivity index (χ0n) is 14.6. The second kappa shape index (κ2) is 7.70. The van der Waals surface area contributed by atoms with E-state index in [0.29, 0.717) is 17.5 Å². The molecule has 0 saturated heterocycles. The van der Waals surface area contributed by atoms with Gasteiger partial charge in [0.05, 0.1) is 5.92 Å². The molecule has 0 aliphatic heterocycles. The smallest absolute Gasteiger partial charge is 0.255 e. The molecule has 3 rings (SSSR count). The molecule has 2 aromatic carbocycles. The van der Waals surface area contributed by atoms with Gasteiger partial charge >= 0.3 is 0 Å². The van der Waals surface area contributed by atoms with Crippen LogP contribution >= 0.6 is 0 Å². The highest BCUT2D eigenvalue weighted by atomic mass is 16.2. The summed E-state index contributed by atoms with van der Waals surface area (Å²) in [6, 6.07) is 16.1. The Morgan fingerprint density at radius 2 is 1.85 bits per heavy atom. The van der Waals surface area contributed by atoms with E-state index in [4.69, 9.17) is 5.73 Å². The van der Waals surface area contributed by atoms with Gasteiger partial charge in [0.1, 0.15) is 0 Å². The van der Waals surface area contributed by atoms with E-state index in [1.54, 1.807) is 30.5 Å². The van der Waals surface area contributed by atoms with Crippen molar-refractivity contribution in [3.8, 4) is 0 Å². The Balaban J connectivity index is 1.87. The number of nitrogens with one attached hydrogen (secondary N) is 2. The molecule has 0 bridgehead atoms. The highest BCUT2D eigenvalue weighted by Crippen LogP contribution is 2.21. The molecule has 0 unspecified atom stereocenters. The first-order chi connectivity index (χ1) is 13.0. The topological polar surface area (TPSA) is 105 Å². The molecular weight excluding hydrogens is 342 g/mol. The van der Waals surface area contributed by atoms with Gasteiger partial charge in [0, 0.05) is 22.8 Å². The van der Waals surface area contributed by atoms with E-state index in [1.165, 1.54) is 0 Å². The summed E-state index contributed by atoms with van der Waals surface area (Å²) in [7, 11) is 0. The van der Waals surface area contributed by atoms with Gasteiger partial charge in [-0.05, 0) is 35.6 Å². The van der Waals surface area contributed by atoms with Crippen molar-refractivity contribution in [3.63, 3.8) is 0 Å². The monoisotopic (exact) mass is 361 g/mol.